The van der Waals surface area contributed by atoms with Gasteiger partial charge < -0.3 is 10.5 Å². The fraction of sp³-hybridized carbons (Fsp3) is 0.714. The summed E-state index contributed by atoms with van der Waals surface area (Å²) in [4.78, 5) is 19.0. The summed E-state index contributed by atoms with van der Waals surface area (Å²) in [6.07, 6.45) is 5.48. The quantitative estimate of drug-likeness (QED) is 0.661. The van der Waals surface area contributed by atoms with Gasteiger partial charge in [0.1, 0.15) is 5.82 Å². The van der Waals surface area contributed by atoms with Crippen molar-refractivity contribution in [1.29, 1.82) is 0 Å². The van der Waals surface area contributed by atoms with E-state index >= 15 is 0 Å². The molecular formula is C14H22N4O3. The highest BCUT2D eigenvalue weighted by Crippen LogP contribution is 2.36. The van der Waals surface area contributed by atoms with E-state index in [9.17, 15) is 10.1 Å². The molecule has 0 unspecified atom stereocenters. The molecule has 1 aliphatic carbocycles. The first-order valence-corrected chi connectivity index (χ1v) is 7.43. The first-order valence-electron chi connectivity index (χ1n) is 7.43. The Bertz CT molecular complexity index is 513. The van der Waals surface area contributed by atoms with Gasteiger partial charge >= 0.3 is 5.69 Å². The largest absolute Gasteiger partial charge is 0.472 e. The minimum Gasteiger partial charge on any atom is -0.472 e. The van der Waals surface area contributed by atoms with Crippen LogP contribution in [0.4, 0.5) is 11.5 Å². The van der Waals surface area contributed by atoms with Crippen molar-refractivity contribution in [1.82, 2.24) is 9.97 Å². The second kappa shape index (κ2) is 6.69. The van der Waals surface area contributed by atoms with Gasteiger partial charge in [-0.3, -0.25) is 10.1 Å². The van der Waals surface area contributed by atoms with Crippen LogP contribution in [0.2, 0.25) is 0 Å². The average Bonchev–Trinajstić information content (AvgIpc) is 2.45. The Hall–Kier alpha value is -1.92. The maximum absolute atomic E-state index is 11.1. The Kier molecular flexibility index (Phi) is 4.93. The molecule has 1 aromatic heterocycles. The van der Waals surface area contributed by atoms with E-state index in [0.717, 1.165) is 25.7 Å². The molecule has 0 aromatic carbocycles. The first-order chi connectivity index (χ1) is 9.99. The Morgan fingerprint density at radius 3 is 2.57 bits per heavy atom. The molecule has 1 fully saturated rings. The summed E-state index contributed by atoms with van der Waals surface area (Å²) in [6, 6.07) is 0. The third-order valence-electron chi connectivity index (χ3n) is 3.60. The lowest BCUT2D eigenvalue weighted by molar-refractivity contribution is -0.385. The van der Waals surface area contributed by atoms with Crippen LogP contribution in [-0.4, -0.2) is 21.5 Å². The Morgan fingerprint density at radius 2 is 2.00 bits per heavy atom. The van der Waals surface area contributed by atoms with E-state index < -0.39 is 4.92 Å². The SMILES string of the molecule is CC(C)COc1nc(C2CCCCC2)nc(N)c1[N+](=O)[O-]. The number of hydrogen-bond donors (Lipinski definition) is 1. The summed E-state index contributed by atoms with van der Waals surface area (Å²) >= 11 is 0. The van der Waals surface area contributed by atoms with Crippen LogP contribution in [0.3, 0.4) is 0 Å². The molecule has 7 nitrogen and oxygen atoms in total. The van der Waals surface area contributed by atoms with E-state index in [4.69, 9.17) is 10.5 Å². The second-order valence-corrected chi connectivity index (χ2v) is 5.92. The summed E-state index contributed by atoms with van der Waals surface area (Å²) in [6.45, 7) is 4.30. The van der Waals surface area contributed by atoms with Gasteiger partial charge in [0, 0.05) is 5.92 Å². The molecule has 0 bridgehead atoms. The van der Waals surface area contributed by atoms with Crippen molar-refractivity contribution in [2.75, 3.05) is 12.3 Å². The van der Waals surface area contributed by atoms with Crippen LogP contribution in [-0.2, 0) is 0 Å². The van der Waals surface area contributed by atoms with Crippen LogP contribution in [0.25, 0.3) is 0 Å². The summed E-state index contributed by atoms with van der Waals surface area (Å²) < 4.78 is 5.50. The fourth-order valence-corrected chi connectivity index (χ4v) is 2.53. The second-order valence-electron chi connectivity index (χ2n) is 5.92. The molecule has 0 saturated heterocycles. The smallest absolute Gasteiger partial charge is 0.372 e. The zero-order valence-corrected chi connectivity index (χ0v) is 12.5. The summed E-state index contributed by atoms with van der Waals surface area (Å²) in [5.41, 5.74) is 5.44. The lowest BCUT2D eigenvalue weighted by atomic mass is 9.89. The standard InChI is InChI=1S/C14H22N4O3/c1-9(2)8-21-14-11(18(19)20)12(15)16-13(17-14)10-6-4-3-5-7-10/h9-10H,3-8H2,1-2H3,(H2,15,16,17). The molecule has 2 N–H and O–H groups in total. The molecule has 21 heavy (non-hydrogen) atoms. The van der Waals surface area contributed by atoms with Crippen molar-refractivity contribution >= 4 is 11.5 Å². The van der Waals surface area contributed by atoms with E-state index in [1.165, 1.54) is 6.42 Å². The molecule has 1 aliphatic rings. The summed E-state index contributed by atoms with van der Waals surface area (Å²) in [7, 11) is 0. The lowest BCUT2D eigenvalue weighted by Gasteiger charge is -2.20. The van der Waals surface area contributed by atoms with Gasteiger partial charge in [0.05, 0.1) is 11.5 Å². The Balaban J connectivity index is 2.33. The molecule has 0 atom stereocenters. The van der Waals surface area contributed by atoms with Gasteiger partial charge in [0.2, 0.25) is 5.82 Å². The maximum Gasteiger partial charge on any atom is 0.372 e. The van der Waals surface area contributed by atoms with Crippen LogP contribution in [0, 0.1) is 16.0 Å². The third kappa shape index (κ3) is 3.80. The van der Waals surface area contributed by atoms with Gasteiger partial charge in [-0.2, -0.15) is 4.98 Å². The molecule has 116 valence electrons. The minimum absolute atomic E-state index is 0.00164. The van der Waals surface area contributed by atoms with Crippen LogP contribution in [0.5, 0.6) is 5.88 Å². The van der Waals surface area contributed by atoms with Crippen molar-refractivity contribution < 1.29 is 9.66 Å². The molecule has 1 saturated carbocycles. The number of nitrogen functional groups attached to an aromatic ring is 1. The maximum atomic E-state index is 11.1. The number of hydrogen-bond acceptors (Lipinski definition) is 6. The predicted octanol–water partition coefficient (Wildman–Crippen LogP) is 3.05. The highest BCUT2D eigenvalue weighted by atomic mass is 16.6. The first kappa shape index (κ1) is 15.5. The topological polar surface area (TPSA) is 104 Å². The monoisotopic (exact) mass is 294 g/mol. The highest BCUT2D eigenvalue weighted by molar-refractivity contribution is 5.58. The van der Waals surface area contributed by atoms with Crippen LogP contribution in [0.1, 0.15) is 57.7 Å². The molecule has 7 heteroatoms. The van der Waals surface area contributed by atoms with Crippen molar-refractivity contribution in [3.63, 3.8) is 0 Å². The van der Waals surface area contributed by atoms with E-state index in [0.29, 0.717) is 12.4 Å². The van der Waals surface area contributed by atoms with Crippen molar-refractivity contribution in [3.05, 3.63) is 15.9 Å². The summed E-state index contributed by atoms with van der Waals surface area (Å²) in [5.74, 6) is 0.954. The normalized spacial score (nSPS) is 16.1. The molecule has 0 spiro atoms. The number of nitrogens with two attached hydrogens (primary N) is 1. The summed E-state index contributed by atoms with van der Waals surface area (Å²) in [5, 5.41) is 11.1. The highest BCUT2D eigenvalue weighted by Gasteiger charge is 2.28. The molecule has 2 rings (SSSR count). The molecule has 0 radical (unpaired) electrons. The van der Waals surface area contributed by atoms with Gasteiger partial charge in [0.15, 0.2) is 0 Å². The average molecular weight is 294 g/mol. The predicted molar refractivity (Wildman–Crippen MR) is 79.3 cm³/mol. The molecule has 0 aliphatic heterocycles. The zero-order chi connectivity index (χ0) is 15.4. The number of ether oxygens (including phenoxy) is 1. The number of nitrogens with zero attached hydrogens (tertiary/aromatic N) is 3. The van der Waals surface area contributed by atoms with Gasteiger partial charge in [-0.15, -0.1) is 0 Å². The molecule has 1 heterocycles. The van der Waals surface area contributed by atoms with Gasteiger partial charge in [0.25, 0.3) is 5.88 Å². The molecule has 0 amide bonds. The number of nitro groups is 1. The Morgan fingerprint density at radius 1 is 1.33 bits per heavy atom. The third-order valence-corrected chi connectivity index (χ3v) is 3.60. The van der Waals surface area contributed by atoms with Crippen molar-refractivity contribution in [3.8, 4) is 5.88 Å². The number of rotatable bonds is 5. The lowest BCUT2D eigenvalue weighted by Crippen LogP contribution is -2.15. The van der Waals surface area contributed by atoms with Crippen molar-refractivity contribution in [2.45, 2.75) is 51.9 Å². The number of aromatic nitrogens is 2. The molecule has 1 aromatic rings. The minimum atomic E-state index is -0.574. The van der Waals surface area contributed by atoms with Crippen LogP contribution < -0.4 is 10.5 Å². The fourth-order valence-electron chi connectivity index (χ4n) is 2.53. The van der Waals surface area contributed by atoms with E-state index in [2.05, 4.69) is 9.97 Å². The van der Waals surface area contributed by atoms with Gasteiger partial charge in [-0.05, 0) is 18.8 Å². The van der Waals surface area contributed by atoms with Gasteiger partial charge in [-0.1, -0.05) is 33.1 Å². The van der Waals surface area contributed by atoms with E-state index in [1.807, 2.05) is 13.8 Å². The zero-order valence-electron chi connectivity index (χ0n) is 12.5. The van der Waals surface area contributed by atoms with Crippen LogP contribution >= 0.6 is 0 Å². The van der Waals surface area contributed by atoms with Gasteiger partial charge in [-0.25, -0.2) is 4.98 Å². The van der Waals surface area contributed by atoms with E-state index in [-0.39, 0.29) is 29.2 Å². The Labute approximate surface area is 124 Å². The number of anilines is 1. The van der Waals surface area contributed by atoms with Crippen LogP contribution in [0.15, 0.2) is 0 Å². The molecular weight excluding hydrogens is 272 g/mol. The van der Waals surface area contributed by atoms with Crippen molar-refractivity contribution in [2.24, 2.45) is 5.92 Å². The van der Waals surface area contributed by atoms with E-state index in [1.54, 1.807) is 0 Å².